The Morgan fingerprint density at radius 1 is 1.31 bits per heavy atom. The normalized spacial score (nSPS) is 16.9. The number of nitro benzene ring substituents is 1. The lowest BCUT2D eigenvalue weighted by Gasteiger charge is -2.17. The van der Waals surface area contributed by atoms with Gasteiger partial charge in [0.1, 0.15) is 0 Å². The molecule has 4 rings (SSSR count). The lowest BCUT2D eigenvalue weighted by atomic mass is 10.2. The van der Waals surface area contributed by atoms with Crippen LogP contribution in [-0.4, -0.2) is 39.9 Å². The molecule has 0 N–H and O–H groups in total. The Labute approximate surface area is 155 Å². The smallest absolute Gasteiger partial charge is 0.311 e. The number of hydrogen-bond donors (Lipinski definition) is 0. The van der Waals surface area contributed by atoms with Crippen molar-refractivity contribution < 1.29 is 9.66 Å². The zero-order valence-corrected chi connectivity index (χ0v) is 15.4. The van der Waals surface area contributed by atoms with Gasteiger partial charge in [-0.25, -0.2) is 0 Å². The van der Waals surface area contributed by atoms with Gasteiger partial charge in [-0.15, -0.1) is 10.2 Å². The minimum Gasteiger partial charge on any atom is -0.490 e. The molecule has 2 aliphatic rings. The van der Waals surface area contributed by atoms with Gasteiger partial charge in [0.25, 0.3) is 0 Å². The number of aromatic nitrogens is 3. The van der Waals surface area contributed by atoms with Gasteiger partial charge in [0.05, 0.1) is 12.0 Å². The summed E-state index contributed by atoms with van der Waals surface area (Å²) in [6, 6.07) is 5.58. The van der Waals surface area contributed by atoms with E-state index in [-0.39, 0.29) is 11.4 Å². The van der Waals surface area contributed by atoms with Crippen LogP contribution in [0.2, 0.25) is 0 Å². The van der Waals surface area contributed by atoms with Crippen LogP contribution in [0.5, 0.6) is 5.75 Å². The van der Waals surface area contributed by atoms with E-state index < -0.39 is 4.92 Å². The van der Waals surface area contributed by atoms with Crippen LogP contribution in [0.25, 0.3) is 0 Å². The second kappa shape index (κ2) is 7.14. The molecule has 2 heterocycles. The molecular formula is C17H21N5O3S. The topological polar surface area (TPSA) is 86.3 Å². The monoisotopic (exact) mass is 375 g/mol. The van der Waals surface area contributed by atoms with Gasteiger partial charge in [-0.2, -0.15) is 0 Å². The van der Waals surface area contributed by atoms with Crippen LogP contribution in [0.3, 0.4) is 0 Å². The third-order valence-corrected chi connectivity index (χ3v) is 5.77. The average Bonchev–Trinajstić information content (AvgIpc) is 3.17. The molecule has 0 bridgehead atoms. The summed E-state index contributed by atoms with van der Waals surface area (Å²) in [7, 11) is 1.44. The van der Waals surface area contributed by atoms with E-state index in [2.05, 4.69) is 19.7 Å². The molecular weight excluding hydrogens is 354 g/mol. The maximum Gasteiger partial charge on any atom is 0.311 e. The number of nitro groups is 1. The number of rotatable bonds is 7. The van der Waals surface area contributed by atoms with Crippen LogP contribution in [-0.2, 0) is 5.75 Å². The van der Waals surface area contributed by atoms with E-state index in [1.54, 1.807) is 23.9 Å². The second-order valence-corrected chi connectivity index (χ2v) is 7.57. The summed E-state index contributed by atoms with van der Waals surface area (Å²) in [6.45, 7) is 2.08. The van der Waals surface area contributed by atoms with E-state index in [9.17, 15) is 10.1 Å². The third-order valence-electron chi connectivity index (χ3n) is 4.76. The molecule has 0 amide bonds. The van der Waals surface area contributed by atoms with E-state index in [0.717, 1.165) is 29.8 Å². The van der Waals surface area contributed by atoms with Crippen LogP contribution in [0.15, 0.2) is 23.4 Å². The van der Waals surface area contributed by atoms with Crippen molar-refractivity contribution in [2.45, 2.75) is 42.6 Å². The Bertz CT molecular complexity index is 815. The first-order valence-corrected chi connectivity index (χ1v) is 9.80. The van der Waals surface area contributed by atoms with Gasteiger partial charge in [-0.05, 0) is 37.3 Å². The molecule has 138 valence electrons. The number of ether oxygens (including phenoxy) is 1. The minimum absolute atomic E-state index is 0.00739. The molecule has 8 nitrogen and oxygen atoms in total. The van der Waals surface area contributed by atoms with Crippen LogP contribution < -0.4 is 9.64 Å². The lowest BCUT2D eigenvalue weighted by Crippen LogP contribution is -2.22. The Morgan fingerprint density at radius 3 is 2.73 bits per heavy atom. The van der Waals surface area contributed by atoms with E-state index in [1.807, 2.05) is 6.07 Å². The molecule has 26 heavy (non-hydrogen) atoms. The van der Waals surface area contributed by atoms with E-state index >= 15 is 0 Å². The third kappa shape index (κ3) is 3.35. The Kier molecular flexibility index (Phi) is 4.71. The Hall–Kier alpha value is -2.29. The SMILES string of the molecule is COc1ccc(CSc2nnc(N3CCCC3)n2C2CC2)cc1[N+](=O)[O-]. The summed E-state index contributed by atoms with van der Waals surface area (Å²) in [5.74, 6) is 1.87. The Morgan fingerprint density at radius 2 is 2.08 bits per heavy atom. The van der Waals surface area contributed by atoms with Crippen molar-refractivity contribution >= 4 is 23.4 Å². The summed E-state index contributed by atoms with van der Waals surface area (Å²) in [5.41, 5.74) is 0.864. The van der Waals surface area contributed by atoms with Crippen molar-refractivity contribution in [2.24, 2.45) is 0 Å². The van der Waals surface area contributed by atoms with Gasteiger partial charge in [-0.3, -0.25) is 14.7 Å². The molecule has 1 aromatic carbocycles. The number of methoxy groups -OCH3 is 1. The van der Waals surface area contributed by atoms with Gasteiger partial charge in [0, 0.05) is 31.0 Å². The summed E-state index contributed by atoms with van der Waals surface area (Å²) < 4.78 is 7.32. The van der Waals surface area contributed by atoms with Crippen molar-refractivity contribution in [3.05, 3.63) is 33.9 Å². The highest BCUT2D eigenvalue weighted by Crippen LogP contribution is 2.42. The highest BCUT2D eigenvalue weighted by Gasteiger charge is 2.32. The summed E-state index contributed by atoms with van der Waals surface area (Å²) in [4.78, 5) is 13.1. The molecule has 9 heteroatoms. The van der Waals surface area contributed by atoms with Gasteiger partial charge >= 0.3 is 5.69 Å². The van der Waals surface area contributed by atoms with E-state index in [4.69, 9.17) is 4.74 Å². The van der Waals surface area contributed by atoms with Crippen molar-refractivity contribution in [3.8, 4) is 5.75 Å². The van der Waals surface area contributed by atoms with E-state index in [1.165, 1.54) is 32.8 Å². The Balaban J connectivity index is 1.53. The zero-order chi connectivity index (χ0) is 18.1. The van der Waals surface area contributed by atoms with Crippen molar-refractivity contribution in [1.82, 2.24) is 14.8 Å². The maximum absolute atomic E-state index is 11.2. The first-order valence-electron chi connectivity index (χ1n) is 8.81. The molecule has 1 aliphatic heterocycles. The minimum atomic E-state index is -0.412. The second-order valence-electron chi connectivity index (χ2n) is 6.63. The first kappa shape index (κ1) is 17.1. The van der Waals surface area contributed by atoms with E-state index in [0.29, 0.717) is 11.8 Å². The quantitative estimate of drug-likeness (QED) is 0.416. The van der Waals surface area contributed by atoms with Gasteiger partial charge in [-0.1, -0.05) is 17.8 Å². The van der Waals surface area contributed by atoms with Crippen LogP contribution in [0, 0.1) is 10.1 Å². The molecule has 0 unspecified atom stereocenters. The molecule has 0 spiro atoms. The number of anilines is 1. The predicted molar refractivity (Wildman–Crippen MR) is 98.9 cm³/mol. The van der Waals surface area contributed by atoms with Crippen LogP contribution in [0.4, 0.5) is 11.6 Å². The van der Waals surface area contributed by atoms with Crippen molar-refractivity contribution in [3.63, 3.8) is 0 Å². The molecule has 1 aliphatic carbocycles. The molecule has 2 aromatic rings. The van der Waals surface area contributed by atoms with Crippen molar-refractivity contribution in [1.29, 1.82) is 0 Å². The highest BCUT2D eigenvalue weighted by atomic mass is 32.2. The molecule has 0 atom stereocenters. The fourth-order valence-corrected chi connectivity index (χ4v) is 4.21. The van der Waals surface area contributed by atoms with Crippen LogP contribution >= 0.6 is 11.8 Å². The standard InChI is InChI=1S/C17H21N5O3S/c1-25-15-7-4-12(10-14(15)22(23)24)11-26-17-19-18-16(20-8-2-3-9-20)21(17)13-5-6-13/h4,7,10,13H,2-3,5-6,8-9,11H2,1H3. The van der Waals surface area contributed by atoms with Crippen molar-refractivity contribution in [2.75, 3.05) is 25.1 Å². The molecule has 1 saturated carbocycles. The number of nitrogens with zero attached hydrogens (tertiary/aromatic N) is 5. The first-order chi connectivity index (χ1) is 12.7. The summed E-state index contributed by atoms with van der Waals surface area (Å²) in [6.07, 6.45) is 4.74. The van der Waals surface area contributed by atoms with Gasteiger partial charge in [0.15, 0.2) is 10.9 Å². The fraction of sp³-hybridized carbons (Fsp3) is 0.529. The molecule has 1 aromatic heterocycles. The number of hydrogen-bond acceptors (Lipinski definition) is 7. The molecule has 1 saturated heterocycles. The summed E-state index contributed by atoms with van der Waals surface area (Å²) in [5, 5.41) is 20.9. The summed E-state index contributed by atoms with van der Waals surface area (Å²) >= 11 is 1.58. The number of thioether (sulfide) groups is 1. The largest absolute Gasteiger partial charge is 0.490 e. The molecule has 2 fully saturated rings. The highest BCUT2D eigenvalue weighted by molar-refractivity contribution is 7.98. The fourth-order valence-electron chi connectivity index (χ4n) is 3.27. The van der Waals surface area contributed by atoms with Gasteiger partial charge < -0.3 is 9.64 Å². The van der Waals surface area contributed by atoms with Crippen LogP contribution in [0.1, 0.15) is 37.3 Å². The average molecular weight is 375 g/mol. The zero-order valence-electron chi connectivity index (χ0n) is 14.6. The number of benzene rings is 1. The lowest BCUT2D eigenvalue weighted by molar-refractivity contribution is -0.385. The predicted octanol–water partition coefficient (Wildman–Crippen LogP) is 3.42. The molecule has 0 radical (unpaired) electrons. The van der Waals surface area contributed by atoms with Gasteiger partial charge in [0.2, 0.25) is 5.95 Å². The maximum atomic E-state index is 11.2.